The van der Waals surface area contributed by atoms with E-state index in [-0.39, 0.29) is 5.91 Å². The summed E-state index contributed by atoms with van der Waals surface area (Å²) in [5.74, 6) is 1.04. The Labute approximate surface area is 132 Å². The van der Waals surface area contributed by atoms with Gasteiger partial charge in [-0.25, -0.2) is 0 Å². The third-order valence-corrected chi connectivity index (χ3v) is 3.63. The molecule has 4 nitrogen and oxygen atoms in total. The van der Waals surface area contributed by atoms with Crippen molar-refractivity contribution in [3.05, 3.63) is 52.0 Å². The first kappa shape index (κ1) is 15.4. The lowest BCUT2D eigenvalue weighted by atomic mass is 10.1. The molecule has 2 rings (SSSR count). The van der Waals surface area contributed by atoms with Crippen LogP contribution >= 0.6 is 15.9 Å². The molecule has 0 aromatic heterocycles. The van der Waals surface area contributed by atoms with Gasteiger partial charge in [0.15, 0.2) is 0 Å². The number of benzene rings is 2. The maximum absolute atomic E-state index is 12.3. The average Bonchev–Trinajstić information content (AvgIpc) is 2.46. The zero-order chi connectivity index (χ0) is 15.4. The zero-order valence-corrected chi connectivity index (χ0v) is 13.7. The van der Waals surface area contributed by atoms with Gasteiger partial charge in [0.25, 0.3) is 5.91 Å². The highest BCUT2D eigenvalue weighted by atomic mass is 79.9. The summed E-state index contributed by atoms with van der Waals surface area (Å²) in [6, 6.07) is 10.8. The molecule has 0 aliphatic carbocycles. The summed E-state index contributed by atoms with van der Waals surface area (Å²) < 4.78 is 11.1. The molecule has 0 fully saturated rings. The highest BCUT2D eigenvalue weighted by Crippen LogP contribution is 2.27. The van der Waals surface area contributed by atoms with Gasteiger partial charge in [-0.15, -0.1) is 0 Å². The van der Waals surface area contributed by atoms with Gasteiger partial charge in [0.05, 0.1) is 19.8 Å². The Balaban J connectivity index is 2.26. The van der Waals surface area contributed by atoms with Crippen LogP contribution in [-0.4, -0.2) is 20.1 Å². The molecule has 0 atom stereocenters. The van der Waals surface area contributed by atoms with Gasteiger partial charge in [-0.2, -0.15) is 0 Å². The van der Waals surface area contributed by atoms with E-state index in [1.54, 1.807) is 38.5 Å². The first-order valence-electron chi connectivity index (χ1n) is 6.34. The van der Waals surface area contributed by atoms with E-state index in [4.69, 9.17) is 9.47 Å². The van der Waals surface area contributed by atoms with Gasteiger partial charge in [-0.3, -0.25) is 4.79 Å². The highest BCUT2D eigenvalue weighted by Gasteiger charge is 2.11. The Morgan fingerprint density at radius 2 is 1.67 bits per heavy atom. The van der Waals surface area contributed by atoms with E-state index in [9.17, 15) is 4.79 Å². The number of carbonyl (C=O) groups excluding carboxylic acids is 1. The molecule has 1 N–H and O–H groups in total. The van der Waals surface area contributed by atoms with Crippen molar-refractivity contribution in [3.8, 4) is 11.5 Å². The summed E-state index contributed by atoms with van der Waals surface area (Å²) in [6.45, 7) is 1.97. The second-order valence-electron chi connectivity index (χ2n) is 4.54. The number of aryl methyl sites for hydroxylation is 1. The normalized spacial score (nSPS) is 10.1. The molecular formula is C16H16BrNO3. The number of amides is 1. The smallest absolute Gasteiger partial charge is 0.256 e. The number of nitrogens with one attached hydrogen (secondary N) is 1. The molecule has 0 saturated heterocycles. The SMILES string of the molecule is COc1cc(NC(=O)c2ccc(C)cc2Br)cc(OC)c1. The third kappa shape index (κ3) is 3.76. The second-order valence-corrected chi connectivity index (χ2v) is 5.39. The fourth-order valence-corrected chi connectivity index (χ4v) is 2.56. The van der Waals surface area contributed by atoms with E-state index in [1.165, 1.54) is 0 Å². The molecule has 0 spiro atoms. The van der Waals surface area contributed by atoms with Crippen LogP contribution in [0.2, 0.25) is 0 Å². The quantitative estimate of drug-likeness (QED) is 0.906. The zero-order valence-electron chi connectivity index (χ0n) is 12.1. The van der Waals surface area contributed by atoms with Gasteiger partial charge >= 0.3 is 0 Å². The van der Waals surface area contributed by atoms with Crippen LogP contribution in [0.4, 0.5) is 5.69 Å². The van der Waals surface area contributed by atoms with Crippen LogP contribution in [0.15, 0.2) is 40.9 Å². The predicted molar refractivity (Wildman–Crippen MR) is 86.4 cm³/mol. The van der Waals surface area contributed by atoms with Crippen molar-refractivity contribution in [3.63, 3.8) is 0 Å². The summed E-state index contributed by atoms with van der Waals surface area (Å²) in [5.41, 5.74) is 2.27. The van der Waals surface area contributed by atoms with Crippen molar-refractivity contribution in [2.45, 2.75) is 6.92 Å². The number of carbonyl (C=O) groups is 1. The Hall–Kier alpha value is -2.01. The van der Waals surface area contributed by atoms with Gasteiger partial charge in [0.2, 0.25) is 0 Å². The van der Waals surface area contributed by atoms with E-state index in [0.717, 1.165) is 10.0 Å². The first-order valence-corrected chi connectivity index (χ1v) is 7.13. The van der Waals surface area contributed by atoms with Crippen molar-refractivity contribution >= 4 is 27.5 Å². The summed E-state index contributed by atoms with van der Waals surface area (Å²) in [7, 11) is 3.13. The molecule has 0 unspecified atom stereocenters. The summed E-state index contributed by atoms with van der Waals surface area (Å²) >= 11 is 3.41. The van der Waals surface area contributed by atoms with Crippen LogP contribution in [0, 0.1) is 6.92 Å². The number of anilines is 1. The molecule has 2 aromatic rings. The van der Waals surface area contributed by atoms with Crippen molar-refractivity contribution in [1.29, 1.82) is 0 Å². The number of hydrogen-bond acceptors (Lipinski definition) is 3. The Bertz CT molecular complexity index is 648. The topological polar surface area (TPSA) is 47.6 Å². The number of hydrogen-bond donors (Lipinski definition) is 1. The Morgan fingerprint density at radius 3 is 2.19 bits per heavy atom. The molecule has 0 radical (unpaired) electrons. The van der Waals surface area contributed by atoms with Crippen LogP contribution in [-0.2, 0) is 0 Å². The van der Waals surface area contributed by atoms with Crippen molar-refractivity contribution < 1.29 is 14.3 Å². The van der Waals surface area contributed by atoms with Crippen LogP contribution in [0.25, 0.3) is 0 Å². The predicted octanol–water partition coefficient (Wildman–Crippen LogP) is 4.03. The Kier molecular flexibility index (Phi) is 4.85. The molecule has 0 aliphatic heterocycles. The summed E-state index contributed by atoms with van der Waals surface area (Å²) in [6.07, 6.45) is 0. The lowest BCUT2D eigenvalue weighted by Crippen LogP contribution is -2.12. The maximum Gasteiger partial charge on any atom is 0.256 e. The molecule has 1 amide bonds. The van der Waals surface area contributed by atoms with Crippen molar-refractivity contribution in [2.24, 2.45) is 0 Å². The Morgan fingerprint density at radius 1 is 1.05 bits per heavy atom. The monoisotopic (exact) mass is 349 g/mol. The lowest BCUT2D eigenvalue weighted by Gasteiger charge is -2.11. The van der Waals surface area contributed by atoms with Crippen molar-refractivity contribution in [1.82, 2.24) is 0 Å². The largest absolute Gasteiger partial charge is 0.497 e. The lowest BCUT2D eigenvalue weighted by molar-refractivity contribution is 0.102. The fraction of sp³-hybridized carbons (Fsp3) is 0.188. The fourth-order valence-electron chi connectivity index (χ4n) is 1.88. The molecule has 21 heavy (non-hydrogen) atoms. The number of ether oxygens (including phenoxy) is 2. The second kappa shape index (κ2) is 6.63. The van der Waals surface area contributed by atoms with Gasteiger partial charge < -0.3 is 14.8 Å². The van der Waals surface area contributed by atoms with E-state index in [2.05, 4.69) is 21.2 Å². The highest BCUT2D eigenvalue weighted by molar-refractivity contribution is 9.10. The van der Waals surface area contributed by atoms with Gasteiger partial charge in [0.1, 0.15) is 11.5 Å². The molecule has 0 bridgehead atoms. The number of halogens is 1. The van der Waals surface area contributed by atoms with Crippen LogP contribution in [0.3, 0.4) is 0 Å². The summed E-state index contributed by atoms with van der Waals surface area (Å²) in [4.78, 5) is 12.3. The molecule has 5 heteroatoms. The van der Waals surface area contributed by atoms with Crippen molar-refractivity contribution in [2.75, 3.05) is 19.5 Å². The minimum absolute atomic E-state index is 0.197. The maximum atomic E-state index is 12.3. The van der Waals surface area contributed by atoms with Crippen LogP contribution in [0.1, 0.15) is 15.9 Å². The minimum atomic E-state index is -0.197. The number of methoxy groups -OCH3 is 2. The van der Waals surface area contributed by atoms with E-state index >= 15 is 0 Å². The molecule has 0 saturated carbocycles. The first-order chi connectivity index (χ1) is 10.0. The summed E-state index contributed by atoms with van der Waals surface area (Å²) in [5, 5.41) is 2.84. The molecule has 0 heterocycles. The minimum Gasteiger partial charge on any atom is -0.497 e. The standard InChI is InChI=1S/C16H16BrNO3/c1-10-4-5-14(15(17)6-10)16(19)18-11-7-12(20-2)9-13(8-11)21-3/h4-9H,1-3H3,(H,18,19). The van der Waals surface area contributed by atoms with Crippen LogP contribution < -0.4 is 14.8 Å². The third-order valence-electron chi connectivity index (χ3n) is 2.98. The average molecular weight is 350 g/mol. The molecular weight excluding hydrogens is 334 g/mol. The van der Waals surface area contributed by atoms with E-state index in [0.29, 0.717) is 22.7 Å². The molecule has 2 aromatic carbocycles. The van der Waals surface area contributed by atoms with E-state index < -0.39 is 0 Å². The molecule has 110 valence electrons. The van der Waals surface area contributed by atoms with Gasteiger partial charge in [-0.05, 0) is 40.5 Å². The van der Waals surface area contributed by atoms with Gasteiger partial charge in [-0.1, -0.05) is 6.07 Å². The molecule has 0 aliphatic rings. The van der Waals surface area contributed by atoms with E-state index in [1.807, 2.05) is 19.1 Å². The number of rotatable bonds is 4. The van der Waals surface area contributed by atoms with Gasteiger partial charge in [0, 0.05) is 28.4 Å². The van der Waals surface area contributed by atoms with Crippen LogP contribution in [0.5, 0.6) is 11.5 Å².